The largest absolute Gasteiger partial charge is 0.433 e. The van der Waals surface area contributed by atoms with Gasteiger partial charge in [-0.25, -0.2) is 15.0 Å². The van der Waals surface area contributed by atoms with Crippen LogP contribution in [-0.4, -0.2) is 30.8 Å². The Morgan fingerprint density at radius 2 is 1.78 bits per heavy atom. The van der Waals surface area contributed by atoms with E-state index in [2.05, 4.69) is 20.3 Å². The smallest absolute Gasteiger partial charge is 0.390 e. The van der Waals surface area contributed by atoms with Gasteiger partial charge in [0.2, 0.25) is 5.95 Å². The highest BCUT2D eigenvalue weighted by Gasteiger charge is 2.41. The van der Waals surface area contributed by atoms with E-state index in [1.807, 2.05) is 13.0 Å². The maximum absolute atomic E-state index is 12.9. The number of aromatic nitrogens is 3. The summed E-state index contributed by atoms with van der Waals surface area (Å²) in [6.07, 6.45) is 0.0440. The Morgan fingerprint density at radius 1 is 1.06 bits per heavy atom. The highest BCUT2D eigenvalue weighted by Crippen LogP contribution is 2.44. The molecule has 0 saturated heterocycles. The average Bonchev–Trinajstić information content (AvgIpc) is 3.21. The minimum Gasteiger partial charge on any atom is -0.390 e. The Bertz CT molecular complexity index is 1120. The second kappa shape index (κ2) is 8.09. The van der Waals surface area contributed by atoms with Crippen molar-refractivity contribution in [2.45, 2.75) is 56.9 Å². The van der Waals surface area contributed by atoms with Gasteiger partial charge in [0.05, 0.1) is 10.5 Å². The molecule has 10 heteroatoms. The Labute approximate surface area is 187 Å². The van der Waals surface area contributed by atoms with Crippen LogP contribution < -0.4 is 5.32 Å². The van der Waals surface area contributed by atoms with Crippen molar-refractivity contribution in [1.82, 2.24) is 15.0 Å². The van der Waals surface area contributed by atoms with E-state index in [-0.39, 0.29) is 5.95 Å². The minimum absolute atomic E-state index is 0.148. The van der Waals surface area contributed by atoms with Crippen LogP contribution in [0.5, 0.6) is 0 Å². The van der Waals surface area contributed by atoms with Gasteiger partial charge < -0.3 is 15.5 Å². The molecule has 0 atom stereocenters. The molecule has 4 rings (SSSR count). The van der Waals surface area contributed by atoms with Crippen LogP contribution in [0.15, 0.2) is 36.7 Å². The van der Waals surface area contributed by atoms with Crippen molar-refractivity contribution in [2.75, 3.05) is 5.32 Å². The van der Waals surface area contributed by atoms with Gasteiger partial charge in [0.15, 0.2) is 0 Å². The van der Waals surface area contributed by atoms with Gasteiger partial charge >= 0.3 is 6.18 Å². The molecule has 2 aromatic heterocycles. The Morgan fingerprint density at radius 3 is 2.47 bits per heavy atom. The minimum atomic E-state index is -4.55. The SMILES string of the molecule is Cc1cc(Nc2nccc(C(F)(F)F)n2)cc(-c2cnc(C3(O)CCC(C)(O)CC3)s2)c1. The lowest BCUT2D eigenvalue weighted by atomic mass is 9.77. The van der Waals surface area contributed by atoms with Gasteiger partial charge in [0.1, 0.15) is 16.3 Å². The van der Waals surface area contributed by atoms with Crippen LogP contribution >= 0.6 is 11.3 Å². The number of thiazole rings is 1. The molecule has 3 N–H and O–H groups in total. The third-order valence-corrected chi connectivity index (χ3v) is 6.86. The van der Waals surface area contributed by atoms with E-state index in [0.717, 1.165) is 28.3 Å². The number of nitrogens with zero attached hydrogens (tertiary/aromatic N) is 3. The summed E-state index contributed by atoms with van der Waals surface area (Å²) in [5.41, 5.74) is -0.609. The average molecular weight is 465 g/mol. The van der Waals surface area contributed by atoms with Crippen molar-refractivity contribution in [1.29, 1.82) is 0 Å². The summed E-state index contributed by atoms with van der Waals surface area (Å²) < 4.78 is 38.8. The van der Waals surface area contributed by atoms with Gasteiger partial charge in [0, 0.05) is 18.1 Å². The number of hydrogen-bond acceptors (Lipinski definition) is 7. The lowest BCUT2D eigenvalue weighted by molar-refractivity contribution is -0.141. The number of halogens is 3. The number of hydrogen-bond donors (Lipinski definition) is 3. The molecule has 0 amide bonds. The molecule has 0 spiro atoms. The quantitative estimate of drug-likeness (QED) is 0.493. The predicted molar refractivity (Wildman–Crippen MR) is 116 cm³/mol. The van der Waals surface area contributed by atoms with Crippen LogP contribution in [0.1, 0.15) is 48.9 Å². The zero-order chi connectivity index (χ0) is 23.1. The van der Waals surface area contributed by atoms with Crippen LogP contribution in [0.2, 0.25) is 0 Å². The zero-order valence-electron chi connectivity index (χ0n) is 17.6. The number of aliphatic hydroxyl groups is 2. The first-order chi connectivity index (χ1) is 14.9. The van der Waals surface area contributed by atoms with Gasteiger partial charge in [-0.2, -0.15) is 13.2 Å². The molecule has 6 nitrogen and oxygen atoms in total. The van der Waals surface area contributed by atoms with E-state index in [9.17, 15) is 23.4 Å². The summed E-state index contributed by atoms with van der Waals surface area (Å²) in [6, 6.07) is 6.32. The Kier molecular flexibility index (Phi) is 5.72. The van der Waals surface area contributed by atoms with E-state index in [1.165, 1.54) is 11.3 Å². The molecule has 32 heavy (non-hydrogen) atoms. The molecule has 2 heterocycles. The van der Waals surface area contributed by atoms with E-state index in [4.69, 9.17) is 0 Å². The first kappa shape index (κ1) is 22.6. The Hall–Kier alpha value is -2.56. The highest BCUT2D eigenvalue weighted by atomic mass is 32.1. The highest BCUT2D eigenvalue weighted by molar-refractivity contribution is 7.15. The third-order valence-electron chi connectivity index (χ3n) is 5.62. The number of anilines is 2. The van der Waals surface area contributed by atoms with Crippen LogP contribution in [-0.2, 0) is 11.8 Å². The molecule has 1 aliphatic rings. The monoisotopic (exact) mass is 464 g/mol. The third kappa shape index (κ3) is 4.92. The van der Waals surface area contributed by atoms with Crippen molar-refractivity contribution in [3.05, 3.63) is 52.9 Å². The summed E-state index contributed by atoms with van der Waals surface area (Å²) in [6.45, 7) is 3.65. The molecule has 1 aliphatic carbocycles. The van der Waals surface area contributed by atoms with Crippen LogP contribution in [0.4, 0.5) is 24.8 Å². The van der Waals surface area contributed by atoms with E-state index < -0.39 is 23.1 Å². The molecule has 0 unspecified atom stereocenters. The topological polar surface area (TPSA) is 91.2 Å². The summed E-state index contributed by atoms with van der Waals surface area (Å²) in [4.78, 5) is 12.7. The molecule has 3 aromatic rings. The zero-order valence-corrected chi connectivity index (χ0v) is 18.4. The molecular formula is C22H23F3N4O2S. The fourth-order valence-corrected chi connectivity index (χ4v) is 4.79. The number of alkyl halides is 3. The maximum atomic E-state index is 12.9. The molecule has 1 aromatic carbocycles. The van der Waals surface area contributed by atoms with Gasteiger partial charge in [-0.3, -0.25) is 0 Å². The van der Waals surface area contributed by atoms with E-state index in [1.54, 1.807) is 25.3 Å². The predicted octanol–water partition coefficient (Wildman–Crippen LogP) is 5.18. The van der Waals surface area contributed by atoms with Gasteiger partial charge in [-0.1, -0.05) is 6.07 Å². The van der Waals surface area contributed by atoms with Crippen LogP contribution in [0.3, 0.4) is 0 Å². The fourth-order valence-electron chi connectivity index (χ4n) is 3.74. The summed E-state index contributed by atoms with van der Waals surface area (Å²) in [7, 11) is 0. The molecule has 170 valence electrons. The van der Waals surface area contributed by atoms with Gasteiger partial charge in [0.25, 0.3) is 0 Å². The van der Waals surface area contributed by atoms with Crippen molar-refractivity contribution in [3.63, 3.8) is 0 Å². The number of rotatable bonds is 4. The number of aryl methyl sites for hydroxylation is 1. The van der Waals surface area contributed by atoms with Gasteiger partial charge in [-0.05, 0) is 68.9 Å². The van der Waals surface area contributed by atoms with Gasteiger partial charge in [-0.15, -0.1) is 11.3 Å². The molecule has 1 fully saturated rings. The number of benzene rings is 1. The van der Waals surface area contributed by atoms with Crippen molar-refractivity contribution in [3.8, 4) is 10.4 Å². The standard InChI is InChI=1S/C22H23F3N4O2S/c1-13-9-14(11-15(10-13)28-19-26-8-3-17(29-19)22(23,24)25)16-12-27-18(32-16)21(31)6-4-20(2,30)5-7-21/h3,8-12,30-31H,4-7H2,1-2H3,(H,26,28,29). The van der Waals surface area contributed by atoms with Crippen molar-refractivity contribution in [2.24, 2.45) is 0 Å². The van der Waals surface area contributed by atoms with E-state index in [0.29, 0.717) is 36.4 Å². The summed E-state index contributed by atoms with van der Waals surface area (Å²) >= 11 is 1.37. The van der Waals surface area contributed by atoms with Crippen molar-refractivity contribution < 1.29 is 23.4 Å². The molecule has 0 aliphatic heterocycles. The van der Waals surface area contributed by atoms with Crippen LogP contribution in [0, 0.1) is 6.92 Å². The maximum Gasteiger partial charge on any atom is 0.433 e. The summed E-state index contributed by atoms with van der Waals surface area (Å²) in [5.74, 6) is -0.148. The molecule has 0 bridgehead atoms. The van der Waals surface area contributed by atoms with E-state index >= 15 is 0 Å². The summed E-state index contributed by atoms with van der Waals surface area (Å²) in [5, 5.41) is 24.7. The Balaban J connectivity index is 1.58. The first-order valence-corrected chi connectivity index (χ1v) is 11.0. The molecular weight excluding hydrogens is 441 g/mol. The first-order valence-electron chi connectivity index (χ1n) is 10.1. The second-order valence-corrected chi connectivity index (χ2v) is 9.56. The molecule has 1 saturated carbocycles. The lowest BCUT2D eigenvalue weighted by Gasteiger charge is -2.37. The molecule has 0 radical (unpaired) electrons. The second-order valence-electron chi connectivity index (χ2n) is 8.53. The van der Waals surface area contributed by atoms with Crippen molar-refractivity contribution >= 4 is 23.0 Å². The number of nitrogens with one attached hydrogen (secondary N) is 1. The lowest BCUT2D eigenvalue weighted by Crippen LogP contribution is -2.39. The fraction of sp³-hybridized carbons (Fsp3) is 0.409. The van der Waals surface area contributed by atoms with Crippen LogP contribution in [0.25, 0.3) is 10.4 Å². The normalized spacial score (nSPS) is 23.8.